The van der Waals surface area contributed by atoms with Crippen molar-refractivity contribution in [3.05, 3.63) is 119 Å². The Labute approximate surface area is 185 Å². The standard InChI is InChI=1S/C27H19NO2S/c29-25-23-13-7-8-14-24(23)30-26(27(25)31)19-15-17-22(18-16-19)28(20-9-3-1-4-10-20)21-11-5-2-6-12-21/h1-18,31H. The van der Waals surface area contributed by atoms with Gasteiger partial charge in [-0.2, -0.15) is 0 Å². The maximum Gasteiger partial charge on any atom is 0.206 e. The molecule has 0 bridgehead atoms. The molecule has 0 spiro atoms. The van der Waals surface area contributed by atoms with Crippen LogP contribution in [0.5, 0.6) is 0 Å². The molecule has 0 amide bonds. The van der Waals surface area contributed by atoms with Gasteiger partial charge in [-0.15, -0.1) is 12.6 Å². The van der Waals surface area contributed by atoms with Crippen LogP contribution in [0.3, 0.4) is 0 Å². The predicted octanol–water partition coefficient (Wildman–Crippen LogP) is 7.22. The Hall–Kier alpha value is -3.76. The van der Waals surface area contributed by atoms with Gasteiger partial charge < -0.3 is 9.32 Å². The smallest absolute Gasteiger partial charge is 0.206 e. The summed E-state index contributed by atoms with van der Waals surface area (Å²) in [6.45, 7) is 0. The Bertz CT molecular complexity index is 1360. The van der Waals surface area contributed by atoms with Gasteiger partial charge in [0.2, 0.25) is 5.43 Å². The molecule has 0 fully saturated rings. The molecule has 0 aliphatic rings. The fourth-order valence-corrected chi connectivity index (χ4v) is 3.99. The molecule has 0 aliphatic carbocycles. The van der Waals surface area contributed by atoms with Crippen molar-refractivity contribution in [2.24, 2.45) is 0 Å². The number of hydrogen-bond donors (Lipinski definition) is 1. The zero-order valence-corrected chi connectivity index (χ0v) is 17.5. The molecule has 0 saturated heterocycles. The summed E-state index contributed by atoms with van der Waals surface area (Å²) in [5, 5.41) is 0.534. The maximum atomic E-state index is 12.7. The summed E-state index contributed by atoms with van der Waals surface area (Å²) in [6.07, 6.45) is 0. The number of rotatable bonds is 4. The van der Waals surface area contributed by atoms with Crippen molar-refractivity contribution in [3.63, 3.8) is 0 Å². The highest BCUT2D eigenvalue weighted by Crippen LogP contribution is 2.36. The topological polar surface area (TPSA) is 33.5 Å². The molecule has 0 radical (unpaired) electrons. The monoisotopic (exact) mass is 421 g/mol. The van der Waals surface area contributed by atoms with Gasteiger partial charge in [0.1, 0.15) is 5.58 Å². The lowest BCUT2D eigenvalue weighted by atomic mass is 10.1. The van der Waals surface area contributed by atoms with E-state index in [-0.39, 0.29) is 5.43 Å². The van der Waals surface area contributed by atoms with Crippen molar-refractivity contribution >= 4 is 40.7 Å². The molecular weight excluding hydrogens is 402 g/mol. The summed E-state index contributed by atoms with van der Waals surface area (Å²) < 4.78 is 6.04. The van der Waals surface area contributed by atoms with E-state index >= 15 is 0 Å². The van der Waals surface area contributed by atoms with Crippen LogP contribution in [-0.2, 0) is 0 Å². The van der Waals surface area contributed by atoms with Crippen molar-refractivity contribution in [1.29, 1.82) is 0 Å². The molecular formula is C27H19NO2S. The molecule has 31 heavy (non-hydrogen) atoms. The van der Waals surface area contributed by atoms with Crippen LogP contribution < -0.4 is 10.3 Å². The number of anilines is 3. The maximum absolute atomic E-state index is 12.7. The molecule has 5 aromatic rings. The summed E-state index contributed by atoms with van der Waals surface area (Å²) in [5.41, 5.74) is 4.36. The highest BCUT2D eigenvalue weighted by atomic mass is 32.1. The van der Waals surface area contributed by atoms with Crippen LogP contribution in [0.15, 0.2) is 123 Å². The second-order valence-corrected chi connectivity index (χ2v) is 7.61. The van der Waals surface area contributed by atoms with Crippen LogP contribution in [0.25, 0.3) is 22.3 Å². The first kappa shape index (κ1) is 19.2. The van der Waals surface area contributed by atoms with Crippen molar-refractivity contribution in [2.75, 3.05) is 4.90 Å². The molecule has 4 heteroatoms. The third-order valence-electron chi connectivity index (χ3n) is 5.19. The lowest BCUT2D eigenvalue weighted by molar-refractivity contribution is 0.605. The largest absolute Gasteiger partial charge is 0.455 e. The van der Waals surface area contributed by atoms with Gasteiger partial charge in [0.25, 0.3) is 0 Å². The van der Waals surface area contributed by atoms with Crippen LogP contribution in [0.4, 0.5) is 17.1 Å². The zero-order valence-electron chi connectivity index (χ0n) is 16.6. The van der Waals surface area contributed by atoms with Crippen molar-refractivity contribution in [1.82, 2.24) is 0 Å². The van der Waals surface area contributed by atoms with Crippen molar-refractivity contribution < 1.29 is 4.42 Å². The van der Waals surface area contributed by atoms with Gasteiger partial charge in [-0.3, -0.25) is 4.79 Å². The first-order valence-corrected chi connectivity index (χ1v) is 10.4. The highest BCUT2D eigenvalue weighted by Gasteiger charge is 2.15. The minimum atomic E-state index is -0.126. The Morgan fingerprint density at radius 2 is 1.13 bits per heavy atom. The zero-order chi connectivity index (χ0) is 21.2. The van der Waals surface area contributed by atoms with E-state index in [1.54, 1.807) is 12.1 Å². The second kappa shape index (κ2) is 8.17. The molecule has 0 saturated carbocycles. The summed E-state index contributed by atoms with van der Waals surface area (Å²) in [4.78, 5) is 15.2. The molecule has 1 aromatic heterocycles. The lowest BCUT2D eigenvalue weighted by Crippen LogP contribution is -2.09. The quantitative estimate of drug-likeness (QED) is 0.311. The first-order valence-electron chi connectivity index (χ1n) is 9.98. The molecule has 0 N–H and O–H groups in total. The van der Waals surface area contributed by atoms with Crippen molar-refractivity contribution in [3.8, 4) is 11.3 Å². The molecule has 3 nitrogen and oxygen atoms in total. The van der Waals surface area contributed by atoms with Gasteiger partial charge in [-0.05, 0) is 60.7 Å². The highest BCUT2D eigenvalue weighted by molar-refractivity contribution is 7.80. The number of benzene rings is 4. The van der Waals surface area contributed by atoms with Crippen LogP contribution in [0.2, 0.25) is 0 Å². The summed E-state index contributed by atoms with van der Waals surface area (Å²) >= 11 is 4.46. The van der Waals surface area contributed by atoms with E-state index in [2.05, 4.69) is 41.8 Å². The van der Waals surface area contributed by atoms with Gasteiger partial charge in [-0.1, -0.05) is 48.5 Å². The Balaban J connectivity index is 1.60. The van der Waals surface area contributed by atoms with E-state index < -0.39 is 0 Å². The third kappa shape index (κ3) is 3.62. The summed E-state index contributed by atoms with van der Waals surface area (Å²) in [6, 6.07) is 35.6. The molecule has 0 aliphatic heterocycles. The fourth-order valence-electron chi connectivity index (χ4n) is 3.69. The van der Waals surface area contributed by atoms with Gasteiger partial charge >= 0.3 is 0 Å². The van der Waals surface area contributed by atoms with E-state index in [0.29, 0.717) is 21.6 Å². The molecule has 4 aromatic carbocycles. The van der Waals surface area contributed by atoms with E-state index in [1.807, 2.05) is 72.8 Å². The summed E-state index contributed by atoms with van der Waals surface area (Å²) in [5.74, 6) is 0.476. The Morgan fingerprint density at radius 1 is 0.613 bits per heavy atom. The fraction of sp³-hybridized carbons (Fsp3) is 0. The van der Waals surface area contributed by atoms with E-state index in [4.69, 9.17) is 4.42 Å². The number of thiol groups is 1. The number of nitrogens with zero attached hydrogens (tertiary/aromatic N) is 1. The van der Waals surface area contributed by atoms with E-state index in [9.17, 15) is 4.79 Å². The molecule has 0 unspecified atom stereocenters. The molecule has 5 rings (SSSR count). The SMILES string of the molecule is O=c1c(S)c(-c2ccc(N(c3ccccc3)c3ccccc3)cc2)oc2ccccc12. The van der Waals surface area contributed by atoms with E-state index in [0.717, 1.165) is 22.6 Å². The second-order valence-electron chi connectivity index (χ2n) is 7.16. The molecule has 1 heterocycles. The average Bonchev–Trinajstić information content (AvgIpc) is 2.83. The number of hydrogen-bond acceptors (Lipinski definition) is 4. The van der Waals surface area contributed by atoms with Crippen molar-refractivity contribution in [2.45, 2.75) is 4.90 Å². The van der Waals surface area contributed by atoms with Gasteiger partial charge in [0, 0.05) is 22.6 Å². The van der Waals surface area contributed by atoms with Crippen LogP contribution in [0, 0.1) is 0 Å². The average molecular weight is 422 g/mol. The summed E-state index contributed by atoms with van der Waals surface area (Å²) in [7, 11) is 0. The normalized spacial score (nSPS) is 10.9. The number of para-hydroxylation sites is 3. The molecule has 0 atom stereocenters. The van der Waals surface area contributed by atoms with Crippen LogP contribution in [0.1, 0.15) is 0 Å². The van der Waals surface area contributed by atoms with Gasteiger partial charge in [-0.25, -0.2) is 0 Å². The Kier molecular flexibility index (Phi) is 5.06. The first-order chi connectivity index (χ1) is 15.2. The van der Waals surface area contributed by atoms with Gasteiger partial charge in [0.05, 0.1) is 10.3 Å². The Morgan fingerprint density at radius 3 is 1.74 bits per heavy atom. The van der Waals surface area contributed by atoms with Crippen LogP contribution in [-0.4, -0.2) is 0 Å². The third-order valence-corrected chi connectivity index (χ3v) is 5.60. The van der Waals surface area contributed by atoms with Crippen LogP contribution >= 0.6 is 12.6 Å². The lowest BCUT2D eigenvalue weighted by Gasteiger charge is -2.25. The van der Waals surface area contributed by atoms with Gasteiger partial charge in [0.15, 0.2) is 5.76 Å². The van der Waals surface area contributed by atoms with E-state index in [1.165, 1.54) is 0 Å². The minimum Gasteiger partial charge on any atom is -0.455 e. The predicted molar refractivity (Wildman–Crippen MR) is 130 cm³/mol. The minimum absolute atomic E-state index is 0.126. The molecule has 150 valence electrons. The number of fused-ring (bicyclic) bond motifs is 1.